The first-order valence-electron chi connectivity index (χ1n) is 12.4. The van der Waals surface area contributed by atoms with Crippen molar-refractivity contribution in [3.05, 3.63) is 94.0 Å². The third-order valence-corrected chi connectivity index (χ3v) is 7.22. The topological polar surface area (TPSA) is 83.1 Å². The van der Waals surface area contributed by atoms with E-state index in [1.807, 2.05) is 36.4 Å². The Kier molecular flexibility index (Phi) is 7.15. The van der Waals surface area contributed by atoms with Gasteiger partial charge in [-0.25, -0.2) is 4.79 Å². The van der Waals surface area contributed by atoms with Crippen LogP contribution in [0.1, 0.15) is 69.1 Å². The third-order valence-electron chi connectivity index (χ3n) is 7.22. The van der Waals surface area contributed by atoms with Crippen molar-refractivity contribution in [1.82, 2.24) is 5.32 Å². The lowest BCUT2D eigenvalue weighted by molar-refractivity contribution is -0.123. The lowest BCUT2D eigenvalue weighted by atomic mass is 9.91. The summed E-state index contributed by atoms with van der Waals surface area (Å²) in [5.74, 6) is 0.731. The Morgan fingerprint density at radius 3 is 2.62 bits per heavy atom. The molecule has 3 atom stereocenters. The fourth-order valence-corrected chi connectivity index (χ4v) is 5.37. The van der Waals surface area contributed by atoms with Gasteiger partial charge in [0.05, 0.1) is 38.3 Å². The van der Waals surface area contributed by atoms with Gasteiger partial charge in [0.1, 0.15) is 17.6 Å². The molecule has 0 unspecified atom stereocenters. The van der Waals surface area contributed by atoms with E-state index in [4.69, 9.17) is 18.9 Å². The lowest BCUT2D eigenvalue weighted by Crippen LogP contribution is -2.36. The van der Waals surface area contributed by atoms with E-state index in [1.54, 1.807) is 26.4 Å². The van der Waals surface area contributed by atoms with E-state index in [9.17, 15) is 9.59 Å². The number of amides is 1. The molecule has 1 aliphatic heterocycles. The molecule has 5 rings (SSSR count). The Bertz CT molecular complexity index is 1320. The Labute approximate surface area is 216 Å². The zero-order valence-corrected chi connectivity index (χ0v) is 21.3. The number of hydrogen-bond donors (Lipinski definition) is 1. The van der Waals surface area contributed by atoms with Gasteiger partial charge in [-0.15, -0.1) is 0 Å². The largest absolute Gasteiger partial charge is 0.497 e. The highest BCUT2D eigenvalue weighted by Gasteiger charge is 2.35. The van der Waals surface area contributed by atoms with Gasteiger partial charge in [-0.05, 0) is 59.4 Å². The third kappa shape index (κ3) is 5.04. The van der Waals surface area contributed by atoms with Crippen LogP contribution in [0.15, 0.2) is 60.7 Å². The number of fused-ring (bicyclic) bond motifs is 2. The molecular formula is C30H31NO6. The number of hydrogen-bond acceptors (Lipinski definition) is 6. The zero-order valence-electron chi connectivity index (χ0n) is 21.3. The summed E-state index contributed by atoms with van der Waals surface area (Å²) < 4.78 is 21.9. The first-order valence-corrected chi connectivity index (χ1v) is 12.4. The minimum Gasteiger partial charge on any atom is -0.497 e. The number of methoxy groups -OCH3 is 3. The molecule has 7 heteroatoms. The molecule has 0 spiro atoms. The fourth-order valence-electron chi connectivity index (χ4n) is 5.37. The SMILES string of the molecule is COCc1ccc2c(c1)CC[C@@H]2C(=O)N[C@@H]1C[C@H](c2cccc(C(=O)OC)c2)Oc2cc(OC)ccc21. The summed E-state index contributed by atoms with van der Waals surface area (Å²) in [5, 5.41) is 3.31. The predicted octanol–water partition coefficient (Wildman–Crippen LogP) is 5.04. The molecule has 37 heavy (non-hydrogen) atoms. The van der Waals surface area contributed by atoms with Gasteiger partial charge >= 0.3 is 5.97 Å². The molecule has 0 aromatic heterocycles. The molecule has 3 aromatic carbocycles. The van der Waals surface area contributed by atoms with Crippen molar-refractivity contribution in [3.8, 4) is 11.5 Å². The van der Waals surface area contributed by atoms with Crippen LogP contribution in [-0.4, -0.2) is 33.2 Å². The first kappa shape index (κ1) is 24.8. The van der Waals surface area contributed by atoms with E-state index in [0.717, 1.165) is 35.1 Å². The van der Waals surface area contributed by atoms with Crippen LogP contribution in [0.5, 0.6) is 11.5 Å². The smallest absolute Gasteiger partial charge is 0.337 e. The summed E-state index contributed by atoms with van der Waals surface area (Å²) in [5.41, 5.74) is 5.62. The summed E-state index contributed by atoms with van der Waals surface area (Å²) in [4.78, 5) is 25.7. The molecule has 1 heterocycles. The number of nitrogens with one attached hydrogen (secondary N) is 1. The fraction of sp³-hybridized carbons (Fsp3) is 0.333. The van der Waals surface area contributed by atoms with Gasteiger partial charge < -0.3 is 24.3 Å². The monoisotopic (exact) mass is 501 g/mol. The highest BCUT2D eigenvalue weighted by atomic mass is 16.5. The van der Waals surface area contributed by atoms with Crippen LogP contribution in [0, 0.1) is 0 Å². The van der Waals surface area contributed by atoms with Gasteiger partial charge in [-0.3, -0.25) is 4.79 Å². The van der Waals surface area contributed by atoms with Crippen molar-refractivity contribution in [2.45, 2.75) is 43.9 Å². The summed E-state index contributed by atoms with van der Waals surface area (Å²) >= 11 is 0. The van der Waals surface area contributed by atoms with Crippen molar-refractivity contribution >= 4 is 11.9 Å². The molecule has 192 valence electrons. The zero-order chi connectivity index (χ0) is 25.9. The second-order valence-corrected chi connectivity index (χ2v) is 9.48. The van der Waals surface area contributed by atoms with E-state index < -0.39 is 5.97 Å². The van der Waals surface area contributed by atoms with Crippen molar-refractivity contribution in [2.24, 2.45) is 0 Å². The van der Waals surface area contributed by atoms with Crippen molar-refractivity contribution in [3.63, 3.8) is 0 Å². The maximum Gasteiger partial charge on any atom is 0.337 e. The molecule has 1 N–H and O–H groups in total. The van der Waals surface area contributed by atoms with Crippen LogP contribution in [0.3, 0.4) is 0 Å². The molecule has 0 radical (unpaired) electrons. The number of carbonyl (C=O) groups is 2. The molecule has 0 saturated heterocycles. The van der Waals surface area contributed by atoms with E-state index in [2.05, 4.69) is 17.4 Å². The second-order valence-electron chi connectivity index (χ2n) is 9.48. The second kappa shape index (κ2) is 10.6. The van der Waals surface area contributed by atoms with Crippen molar-refractivity contribution in [2.75, 3.05) is 21.3 Å². The maximum atomic E-state index is 13.6. The lowest BCUT2D eigenvalue weighted by Gasteiger charge is -2.34. The number of ether oxygens (including phenoxy) is 4. The minimum absolute atomic E-state index is 0.00831. The van der Waals surface area contributed by atoms with E-state index in [0.29, 0.717) is 30.1 Å². The average Bonchev–Trinajstić information content (AvgIpc) is 3.36. The Morgan fingerprint density at radius 1 is 1.00 bits per heavy atom. The molecule has 0 bridgehead atoms. The summed E-state index contributed by atoms with van der Waals surface area (Å²) in [7, 11) is 4.65. The average molecular weight is 502 g/mol. The number of carbonyl (C=O) groups excluding carboxylic acids is 2. The number of benzene rings is 3. The van der Waals surface area contributed by atoms with E-state index >= 15 is 0 Å². The molecule has 0 saturated carbocycles. The molecule has 1 amide bonds. The number of rotatable bonds is 7. The van der Waals surface area contributed by atoms with Crippen LogP contribution in [0.4, 0.5) is 0 Å². The molecule has 7 nitrogen and oxygen atoms in total. The van der Waals surface area contributed by atoms with E-state index in [1.165, 1.54) is 12.7 Å². The summed E-state index contributed by atoms with van der Waals surface area (Å²) in [6.07, 6.45) is 1.82. The van der Waals surface area contributed by atoms with Crippen LogP contribution >= 0.6 is 0 Å². The Balaban J connectivity index is 1.41. The summed E-state index contributed by atoms with van der Waals surface area (Å²) in [6, 6.07) is 18.9. The van der Waals surface area contributed by atoms with Crippen LogP contribution in [-0.2, 0) is 27.3 Å². The van der Waals surface area contributed by atoms with Gasteiger partial charge in [0.2, 0.25) is 5.91 Å². The number of esters is 1. The van der Waals surface area contributed by atoms with Crippen LogP contribution in [0.2, 0.25) is 0 Å². The first-order chi connectivity index (χ1) is 18.0. The molecule has 2 aliphatic rings. The van der Waals surface area contributed by atoms with Crippen molar-refractivity contribution < 1.29 is 28.5 Å². The Hall–Kier alpha value is -3.84. The quantitative estimate of drug-likeness (QED) is 0.457. The van der Waals surface area contributed by atoms with Crippen molar-refractivity contribution in [1.29, 1.82) is 0 Å². The molecule has 0 fully saturated rings. The molecule has 1 aliphatic carbocycles. The molecule has 3 aromatic rings. The van der Waals surface area contributed by atoms with E-state index in [-0.39, 0.29) is 24.0 Å². The minimum atomic E-state index is -0.405. The summed E-state index contributed by atoms with van der Waals surface area (Å²) in [6.45, 7) is 0.561. The molecular weight excluding hydrogens is 470 g/mol. The van der Waals surface area contributed by atoms with Gasteiger partial charge in [0.15, 0.2) is 0 Å². The maximum absolute atomic E-state index is 13.6. The van der Waals surface area contributed by atoms with Crippen LogP contribution < -0.4 is 14.8 Å². The number of aryl methyl sites for hydroxylation is 1. The normalized spacial score (nSPS) is 19.8. The highest BCUT2D eigenvalue weighted by molar-refractivity contribution is 5.89. The predicted molar refractivity (Wildman–Crippen MR) is 138 cm³/mol. The van der Waals surface area contributed by atoms with Gasteiger partial charge in [0, 0.05) is 25.2 Å². The standard InChI is InChI=1S/C30H31NO6/c1-34-17-18-7-10-23-19(13-18)8-11-24(23)29(32)31-26-16-27(20-5-4-6-21(14-20)30(33)36-3)37-28-15-22(35-2)9-12-25(26)28/h4-7,9-10,12-15,24,26-27H,8,11,16-17H2,1-3H3,(H,31,32)/t24-,26+,27+/m0/s1. The van der Waals surface area contributed by atoms with Gasteiger partial charge in [0.25, 0.3) is 0 Å². The Morgan fingerprint density at radius 2 is 1.84 bits per heavy atom. The highest BCUT2D eigenvalue weighted by Crippen LogP contribution is 2.43. The van der Waals surface area contributed by atoms with Gasteiger partial charge in [-0.2, -0.15) is 0 Å². The van der Waals surface area contributed by atoms with Gasteiger partial charge in [-0.1, -0.05) is 30.3 Å². The van der Waals surface area contributed by atoms with Crippen LogP contribution in [0.25, 0.3) is 0 Å².